The van der Waals surface area contributed by atoms with Gasteiger partial charge in [0.1, 0.15) is 0 Å². The van der Waals surface area contributed by atoms with Crippen molar-refractivity contribution in [2.24, 2.45) is 0 Å². The number of rotatable bonds is 2. The second kappa shape index (κ2) is 5.27. The van der Waals surface area contributed by atoms with E-state index >= 15 is 0 Å². The molecule has 3 nitrogen and oxygen atoms in total. The Kier molecular flexibility index (Phi) is 3.94. The van der Waals surface area contributed by atoms with Crippen LogP contribution in [0.3, 0.4) is 0 Å². The van der Waals surface area contributed by atoms with E-state index in [9.17, 15) is 5.11 Å². The Balaban J connectivity index is 2.17. The lowest BCUT2D eigenvalue weighted by Crippen LogP contribution is -2.28. The first kappa shape index (κ1) is 12.7. The third-order valence-corrected chi connectivity index (χ3v) is 4.61. The van der Waals surface area contributed by atoms with Crippen LogP contribution in [0, 0.1) is 0 Å². The zero-order valence-corrected chi connectivity index (χ0v) is 11.3. The van der Waals surface area contributed by atoms with E-state index in [4.69, 9.17) is 0 Å². The first-order valence-corrected chi connectivity index (χ1v) is 7.03. The molecule has 1 fully saturated rings. The molecule has 94 valence electrons. The van der Waals surface area contributed by atoms with Crippen molar-refractivity contribution in [3.05, 3.63) is 24.0 Å². The van der Waals surface area contributed by atoms with Crippen molar-refractivity contribution in [1.82, 2.24) is 4.98 Å². The van der Waals surface area contributed by atoms with Crippen molar-refractivity contribution >= 4 is 17.4 Å². The molecule has 0 saturated carbocycles. The minimum absolute atomic E-state index is 0.0882. The molecule has 1 aliphatic rings. The molecule has 4 heteroatoms. The summed E-state index contributed by atoms with van der Waals surface area (Å²) in [5, 5.41) is 9.36. The standard InChI is InChI=1S/C13H20N2OS/c1-13(2)4-6-15(7-8-17-13)12-9-14-5-3-11(12)10-16/h3,5,9,16H,4,6-8,10H2,1-2H3. The van der Waals surface area contributed by atoms with Crippen molar-refractivity contribution in [3.8, 4) is 0 Å². The SMILES string of the molecule is CC1(C)CCN(c2cnccc2CO)CCS1. The smallest absolute Gasteiger partial charge is 0.0703 e. The summed E-state index contributed by atoms with van der Waals surface area (Å²) >= 11 is 2.03. The molecule has 0 radical (unpaired) electrons. The lowest BCUT2D eigenvalue weighted by Gasteiger charge is -2.25. The highest BCUT2D eigenvalue weighted by Crippen LogP contribution is 2.32. The largest absolute Gasteiger partial charge is 0.392 e. The molecule has 1 aromatic heterocycles. The van der Waals surface area contributed by atoms with E-state index in [1.807, 2.05) is 24.0 Å². The first-order valence-electron chi connectivity index (χ1n) is 6.05. The molecule has 0 atom stereocenters. The molecular weight excluding hydrogens is 232 g/mol. The fourth-order valence-corrected chi connectivity index (χ4v) is 3.19. The number of nitrogens with zero attached hydrogens (tertiary/aromatic N) is 2. The van der Waals surface area contributed by atoms with Crippen LogP contribution in [0.15, 0.2) is 18.5 Å². The highest BCUT2D eigenvalue weighted by Gasteiger charge is 2.24. The second-order valence-electron chi connectivity index (χ2n) is 5.01. The Labute approximate surface area is 107 Å². The summed E-state index contributed by atoms with van der Waals surface area (Å²) in [6.45, 7) is 6.77. The van der Waals surface area contributed by atoms with Crippen LogP contribution >= 0.6 is 11.8 Å². The minimum atomic E-state index is 0.0882. The maximum atomic E-state index is 9.36. The molecule has 1 N–H and O–H groups in total. The van der Waals surface area contributed by atoms with Gasteiger partial charge in [-0.2, -0.15) is 11.8 Å². The Morgan fingerprint density at radius 2 is 2.29 bits per heavy atom. The van der Waals surface area contributed by atoms with Crippen LogP contribution in [0.4, 0.5) is 5.69 Å². The number of thioether (sulfide) groups is 1. The van der Waals surface area contributed by atoms with Crippen molar-refractivity contribution in [3.63, 3.8) is 0 Å². The van der Waals surface area contributed by atoms with E-state index in [1.165, 1.54) is 0 Å². The number of hydrogen-bond donors (Lipinski definition) is 1. The number of aliphatic hydroxyl groups is 1. The summed E-state index contributed by atoms with van der Waals surface area (Å²) in [6, 6.07) is 1.90. The lowest BCUT2D eigenvalue weighted by atomic mass is 10.1. The van der Waals surface area contributed by atoms with Crippen molar-refractivity contribution in [2.45, 2.75) is 31.6 Å². The Hall–Kier alpha value is -0.740. The van der Waals surface area contributed by atoms with Crippen LogP contribution < -0.4 is 4.90 Å². The van der Waals surface area contributed by atoms with E-state index < -0.39 is 0 Å². The topological polar surface area (TPSA) is 36.4 Å². The Morgan fingerprint density at radius 1 is 1.47 bits per heavy atom. The summed E-state index contributed by atoms with van der Waals surface area (Å²) in [4.78, 5) is 6.52. The second-order valence-corrected chi connectivity index (χ2v) is 6.81. The lowest BCUT2D eigenvalue weighted by molar-refractivity contribution is 0.282. The molecule has 0 aromatic carbocycles. The molecule has 2 rings (SSSR count). The average molecular weight is 252 g/mol. The Bertz CT molecular complexity index is 381. The normalized spacial score (nSPS) is 20.1. The van der Waals surface area contributed by atoms with Gasteiger partial charge in [0.15, 0.2) is 0 Å². The first-order chi connectivity index (χ1) is 8.12. The highest BCUT2D eigenvalue weighted by atomic mass is 32.2. The molecule has 2 heterocycles. The monoisotopic (exact) mass is 252 g/mol. The predicted octanol–water partition coefficient (Wildman–Crippen LogP) is 2.30. The van der Waals surface area contributed by atoms with E-state index in [2.05, 4.69) is 23.7 Å². The molecule has 1 aliphatic heterocycles. The number of pyridine rings is 1. The van der Waals surface area contributed by atoms with E-state index in [-0.39, 0.29) is 6.61 Å². The van der Waals surface area contributed by atoms with Crippen molar-refractivity contribution in [2.75, 3.05) is 23.7 Å². The molecular formula is C13H20N2OS. The molecule has 1 aromatic rings. The van der Waals surface area contributed by atoms with E-state index in [0.717, 1.165) is 36.5 Å². The number of hydrogen-bond acceptors (Lipinski definition) is 4. The van der Waals surface area contributed by atoms with Gasteiger partial charge in [-0.05, 0) is 12.5 Å². The fourth-order valence-electron chi connectivity index (χ4n) is 2.09. The maximum Gasteiger partial charge on any atom is 0.0703 e. The van der Waals surface area contributed by atoms with Crippen LogP contribution in [0.1, 0.15) is 25.8 Å². The van der Waals surface area contributed by atoms with Gasteiger partial charge in [0.25, 0.3) is 0 Å². The summed E-state index contributed by atoms with van der Waals surface area (Å²) in [7, 11) is 0. The minimum Gasteiger partial charge on any atom is -0.392 e. The van der Waals surface area contributed by atoms with Gasteiger partial charge < -0.3 is 10.0 Å². The van der Waals surface area contributed by atoms with E-state index in [1.54, 1.807) is 6.20 Å². The molecule has 0 unspecified atom stereocenters. The predicted molar refractivity (Wildman–Crippen MR) is 73.5 cm³/mol. The molecule has 0 aliphatic carbocycles. The van der Waals surface area contributed by atoms with Gasteiger partial charge in [-0.15, -0.1) is 0 Å². The van der Waals surface area contributed by atoms with Crippen molar-refractivity contribution < 1.29 is 5.11 Å². The van der Waals surface area contributed by atoms with Crippen LogP contribution in [0.2, 0.25) is 0 Å². The highest BCUT2D eigenvalue weighted by molar-refractivity contribution is 8.00. The molecule has 1 saturated heterocycles. The zero-order valence-electron chi connectivity index (χ0n) is 10.5. The maximum absolute atomic E-state index is 9.36. The van der Waals surface area contributed by atoms with Crippen LogP contribution in [0.25, 0.3) is 0 Å². The third-order valence-electron chi connectivity index (χ3n) is 3.24. The van der Waals surface area contributed by atoms with Gasteiger partial charge in [0.05, 0.1) is 18.5 Å². The number of aliphatic hydroxyl groups excluding tert-OH is 1. The van der Waals surface area contributed by atoms with Gasteiger partial charge in [0, 0.05) is 35.3 Å². The Morgan fingerprint density at radius 3 is 3.06 bits per heavy atom. The van der Waals surface area contributed by atoms with Gasteiger partial charge in [-0.3, -0.25) is 4.98 Å². The summed E-state index contributed by atoms with van der Waals surface area (Å²) in [5.74, 6) is 1.13. The van der Waals surface area contributed by atoms with Gasteiger partial charge in [0.2, 0.25) is 0 Å². The van der Waals surface area contributed by atoms with Gasteiger partial charge >= 0.3 is 0 Å². The summed E-state index contributed by atoms with van der Waals surface area (Å²) < 4.78 is 0.357. The summed E-state index contributed by atoms with van der Waals surface area (Å²) in [6.07, 6.45) is 4.78. The number of aromatic nitrogens is 1. The van der Waals surface area contributed by atoms with Gasteiger partial charge in [-0.25, -0.2) is 0 Å². The van der Waals surface area contributed by atoms with E-state index in [0.29, 0.717) is 4.75 Å². The molecule has 0 spiro atoms. The number of anilines is 1. The fraction of sp³-hybridized carbons (Fsp3) is 0.615. The van der Waals surface area contributed by atoms with Crippen LogP contribution in [0.5, 0.6) is 0 Å². The van der Waals surface area contributed by atoms with Crippen LogP contribution in [-0.2, 0) is 6.61 Å². The molecule has 17 heavy (non-hydrogen) atoms. The molecule has 0 amide bonds. The van der Waals surface area contributed by atoms with Crippen LogP contribution in [-0.4, -0.2) is 33.7 Å². The van der Waals surface area contributed by atoms with Crippen molar-refractivity contribution in [1.29, 1.82) is 0 Å². The molecule has 0 bridgehead atoms. The average Bonchev–Trinajstić information content (AvgIpc) is 2.50. The summed E-state index contributed by atoms with van der Waals surface area (Å²) in [5.41, 5.74) is 2.07. The quantitative estimate of drug-likeness (QED) is 0.876. The third kappa shape index (κ3) is 3.13. The van der Waals surface area contributed by atoms with Gasteiger partial charge in [-0.1, -0.05) is 13.8 Å². The zero-order chi connectivity index (χ0) is 12.3.